The first kappa shape index (κ1) is 16.1. The van der Waals surface area contributed by atoms with Crippen molar-refractivity contribution in [3.05, 3.63) is 24.3 Å². The maximum absolute atomic E-state index is 12.0. The van der Waals surface area contributed by atoms with E-state index in [2.05, 4.69) is 4.72 Å². The Morgan fingerprint density at radius 2 is 2.24 bits per heavy atom. The number of anilines is 1. The number of carbonyl (C=O) groups excluding carboxylic acids is 1. The Morgan fingerprint density at radius 3 is 2.86 bits per heavy atom. The van der Waals surface area contributed by atoms with Crippen LogP contribution in [0.4, 0.5) is 5.69 Å². The van der Waals surface area contributed by atoms with Gasteiger partial charge in [-0.25, -0.2) is 13.1 Å². The lowest BCUT2D eigenvalue weighted by molar-refractivity contribution is -0.127. The Bertz CT molecular complexity index is 619. The first-order chi connectivity index (χ1) is 9.87. The third-order valence-corrected chi connectivity index (χ3v) is 5.87. The molecule has 6 nitrogen and oxygen atoms in total. The van der Waals surface area contributed by atoms with Crippen LogP contribution in [0.25, 0.3) is 0 Å². The Kier molecular flexibility index (Phi) is 5.13. The Hall–Kier alpha value is -1.25. The quantitative estimate of drug-likeness (QED) is 0.586. The molecule has 1 amide bonds. The highest BCUT2D eigenvalue weighted by atomic mass is 32.2. The Morgan fingerprint density at radius 1 is 1.48 bits per heavy atom. The van der Waals surface area contributed by atoms with Crippen molar-refractivity contribution in [1.29, 1.82) is 0 Å². The van der Waals surface area contributed by atoms with Crippen LogP contribution >= 0.6 is 11.8 Å². The molecule has 116 valence electrons. The maximum atomic E-state index is 12.0. The normalized spacial score (nSPS) is 19.2. The number of rotatable bonds is 6. The van der Waals surface area contributed by atoms with E-state index in [9.17, 15) is 13.2 Å². The summed E-state index contributed by atoms with van der Waals surface area (Å²) in [7, 11) is -1.78. The predicted molar refractivity (Wildman–Crippen MR) is 84.5 cm³/mol. The number of likely N-dealkylation sites (tertiary alicyclic amines) is 1. The summed E-state index contributed by atoms with van der Waals surface area (Å²) in [6.07, 6.45) is 0.525. The van der Waals surface area contributed by atoms with Gasteiger partial charge in [0.1, 0.15) is 6.04 Å². The molecule has 0 saturated carbocycles. The Balaban J connectivity index is 1.83. The smallest absolute Gasteiger partial charge is 0.240 e. The molecule has 1 atom stereocenters. The van der Waals surface area contributed by atoms with E-state index >= 15 is 0 Å². The van der Waals surface area contributed by atoms with Crippen molar-refractivity contribution < 1.29 is 13.2 Å². The lowest BCUT2D eigenvalue weighted by Crippen LogP contribution is -2.41. The van der Waals surface area contributed by atoms with E-state index < -0.39 is 16.1 Å². The summed E-state index contributed by atoms with van der Waals surface area (Å²) in [6.45, 7) is 0.587. The number of sulfonamides is 1. The van der Waals surface area contributed by atoms with Gasteiger partial charge >= 0.3 is 0 Å². The van der Waals surface area contributed by atoms with Gasteiger partial charge in [-0.2, -0.15) is 0 Å². The molecular formula is C13H19N3O3S2. The number of likely N-dealkylation sites (N-methyl/N-ethyl adjacent to an activating group) is 1. The van der Waals surface area contributed by atoms with Crippen LogP contribution in [-0.4, -0.2) is 50.4 Å². The number of nitrogens with two attached hydrogens (primary N) is 1. The average Bonchev–Trinajstić information content (AvgIpc) is 2.70. The van der Waals surface area contributed by atoms with Crippen molar-refractivity contribution in [1.82, 2.24) is 9.62 Å². The topological polar surface area (TPSA) is 92.5 Å². The average molecular weight is 329 g/mol. The van der Waals surface area contributed by atoms with Gasteiger partial charge in [0.05, 0.1) is 5.75 Å². The van der Waals surface area contributed by atoms with E-state index in [4.69, 9.17) is 5.73 Å². The zero-order valence-electron chi connectivity index (χ0n) is 11.8. The van der Waals surface area contributed by atoms with E-state index in [1.165, 1.54) is 16.7 Å². The molecule has 0 bridgehead atoms. The zero-order valence-corrected chi connectivity index (χ0v) is 13.4. The summed E-state index contributed by atoms with van der Waals surface area (Å²) < 4.78 is 26.4. The number of carbonyl (C=O) groups is 1. The largest absolute Gasteiger partial charge is 0.399 e. The fourth-order valence-electron chi connectivity index (χ4n) is 2.08. The summed E-state index contributed by atoms with van der Waals surface area (Å²) in [6, 6.07) is 6.69. The van der Waals surface area contributed by atoms with Gasteiger partial charge in [0, 0.05) is 29.9 Å². The second-order valence-corrected chi connectivity index (χ2v) is 8.00. The fraction of sp³-hybridized carbons (Fsp3) is 0.462. The lowest BCUT2D eigenvalue weighted by atomic mass is 10.3. The van der Waals surface area contributed by atoms with Crippen molar-refractivity contribution in [2.75, 3.05) is 30.8 Å². The third kappa shape index (κ3) is 4.62. The number of benzene rings is 1. The molecule has 21 heavy (non-hydrogen) atoms. The molecule has 1 aromatic carbocycles. The highest BCUT2D eigenvalue weighted by Gasteiger charge is 2.32. The second-order valence-electron chi connectivity index (χ2n) is 4.96. The third-order valence-electron chi connectivity index (χ3n) is 3.23. The van der Waals surface area contributed by atoms with Crippen molar-refractivity contribution in [3.8, 4) is 0 Å². The van der Waals surface area contributed by atoms with Gasteiger partial charge in [0.2, 0.25) is 15.9 Å². The molecule has 1 saturated heterocycles. The molecule has 1 unspecified atom stereocenters. The number of nitrogens with one attached hydrogen (secondary N) is 1. The van der Waals surface area contributed by atoms with Crippen LogP contribution in [0.1, 0.15) is 6.42 Å². The van der Waals surface area contributed by atoms with E-state index in [0.717, 1.165) is 4.90 Å². The van der Waals surface area contributed by atoms with E-state index in [1.807, 2.05) is 12.1 Å². The lowest BCUT2D eigenvalue weighted by Gasteiger charge is -2.12. The molecule has 0 spiro atoms. The monoisotopic (exact) mass is 329 g/mol. The minimum Gasteiger partial charge on any atom is -0.399 e. The van der Waals surface area contributed by atoms with Crippen LogP contribution in [0.3, 0.4) is 0 Å². The van der Waals surface area contributed by atoms with Crippen LogP contribution in [0.15, 0.2) is 29.2 Å². The minimum absolute atomic E-state index is 0.0278. The summed E-state index contributed by atoms with van der Waals surface area (Å²) in [4.78, 5) is 14.2. The molecule has 8 heteroatoms. The molecule has 2 rings (SSSR count). The van der Waals surface area contributed by atoms with Crippen LogP contribution in [-0.2, 0) is 14.8 Å². The molecule has 1 fully saturated rings. The standard InChI is InChI=1S/C13H19N3O3S2/c1-16-6-5-12(13(16)17)15-21(18,19)8-7-20-11-4-2-3-10(14)9-11/h2-4,9,12,15H,5-8,14H2,1H3. The molecule has 1 aliphatic heterocycles. The molecule has 1 aromatic rings. The summed E-state index contributed by atoms with van der Waals surface area (Å²) in [5.74, 6) is 0.220. The highest BCUT2D eigenvalue weighted by Crippen LogP contribution is 2.20. The van der Waals surface area contributed by atoms with E-state index in [0.29, 0.717) is 24.4 Å². The number of nitrogen functional groups attached to an aromatic ring is 1. The number of thioether (sulfide) groups is 1. The molecule has 1 heterocycles. The van der Waals surface area contributed by atoms with Gasteiger partial charge in [0.25, 0.3) is 0 Å². The summed E-state index contributed by atoms with van der Waals surface area (Å²) >= 11 is 1.43. The number of nitrogens with zero attached hydrogens (tertiary/aromatic N) is 1. The highest BCUT2D eigenvalue weighted by molar-refractivity contribution is 8.00. The first-order valence-corrected chi connectivity index (χ1v) is 9.24. The van der Waals surface area contributed by atoms with Crippen molar-refractivity contribution in [2.45, 2.75) is 17.4 Å². The zero-order chi connectivity index (χ0) is 15.5. The fourth-order valence-corrected chi connectivity index (χ4v) is 4.69. The predicted octanol–water partition coefficient (Wildman–Crippen LogP) is 0.511. The van der Waals surface area contributed by atoms with Crippen LogP contribution in [0.5, 0.6) is 0 Å². The van der Waals surface area contributed by atoms with Gasteiger partial charge in [-0.05, 0) is 24.6 Å². The van der Waals surface area contributed by atoms with Crippen LogP contribution < -0.4 is 10.5 Å². The molecule has 0 radical (unpaired) electrons. The van der Waals surface area contributed by atoms with Gasteiger partial charge < -0.3 is 10.6 Å². The van der Waals surface area contributed by atoms with Gasteiger partial charge in [-0.3, -0.25) is 4.79 Å². The number of hydrogen-bond acceptors (Lipinski definition) is 5. The summed E-state index contributed by atoms with van der Waals surface area (Å²) in [5, 5.41) is 0. The summed E-state index contributed by atoms with van der Waals surface area (Å²) in [5.41, 5.74) is 6.32. The molecule has 3 N–H and O–H groups in total. The van der Waals surface area contributed by atoms with Crippen molar-refractivity contribution in [2.24, 2.45) is 0 Å². The molecule has 1 aliphatic rings. The van der Waals surface area contributed by atoms with Crippen LogP contribution in [0, 0.1) is 0 Å². The van der Waals surface area contributed by atoms with Crippen molar-refractivity contribution >= 4 is 33.4 Å². The maximum Gasteiger partial charge on any atom is 0.240 e. The minimum atomic E-state index is -3.45. The number of hydrogen-bond donors (Lipinski definition) is 2. The van der Waals surface area contributed by atoms with Crippen LogP contribution in [0.2, 0.25) is 0 Å². The van der Waals surface area contributed by atoms with Crippen molar-refractivity contribution in [3.63, 3.8) is 0 Å². The van der Waals surface area contributed by atoms with Gasteiger partial charge in [-0.1, -0.05) is 6.07 Å². The van der Waals surface area contributed by atoms with E-state index in [-0.39, 0.29) is 11.7 Å². The molecule has 0 aromatic heterocycles. The Labute approximate surface area is 129 Å². The SMILES string of the molecule is CN1CCC(NS(=O)(=O)CCSc2cccc(N)c2)C1=O. The molecular weight excluding hydrogens is 310 g/mol. The van der Waals surface area contributed by atoms with E-state index in [1.54, 1.807) is 19.2 Å². The first-order valence-electron chi connectivity index (χ1n) is 6.61. The van der Waals surface area contributed by atoms with Gasteiger partial charge in [0.15, 0.2) is 0 Å². The number of amides is 1. The molecule has 0 aliphatic carbocycles. The van der Waals surface area contributed by atoms with Gasteiger partial charge in [-0.15, -0.1) is 11.8 Å². The second kappa shape index (κ2) is 6.67.